The Bertz CT molecular complexity index is 980. The predicted octanol–water partition coefficient (Wildman–Crippen LogP) is 2.80. The van der Waals surface area contributed by atoms with E-state index in [1.165, 1.54) is 18.2 Å². The van der Waals surface area contributed by atoms with Gasteiger partial charge < -0.3 is 10.1 Å². The van der Waals surface area contributed by atoms with Gasteiger partial charge in [-0.05, 0) is 26.0 Å². The smallest absolute Gasteiger partial charge is 0.340 e. The van der Waals surface area contributed by atoms with E-state index in [0.717, 1.165) is 0 Å². The van der Waals surface area contributed by atoms with Gasteiger partial charge in [0.1, 0.15) is 0 Å². The van der Waals surface area contributed by atoms with Crippen molar-refractivity contribution in [3.05, 3.63) is 69.2 Å². The number of halogens is 1. The fourth-order valence-electron chi connectivity index (χ4n) is 2.88. The van der Waals surface area contributed by atoms with Crippen molar-refractivity contribution in [2.24, 2.45) is 0 Å². The molecule has 1 N–H and O–H groups in total. The molecule has 0 saturated heterocycles. The molecule has 7 heteroatoms. The standard InChI is InChI=1S/C20H16ClNO5/c1-10(2)22-15(23)9-27-20(26)14-8-7-13-16(17(14)21)19(25)12-6-4-3-5-11(12)18(13)24/h3-8,10H,9H2,1-2H3,(H,22,23). The van der Waals surface area contributed by atoms with Crippen LogP contribution in [0, 0.1) is 0 Å². The first kappa shape index (κ1) is 18.8. The number of nitrogens with one attached hydrogen (secondary N) is 1. The number of rotatable bonds is 4. The average Bonchev–Trinajstić information content (AvgIpc) is 2.63. The summed E-state index contributed by atoms with van der Waals surface area (Å²) >= 11 is 6.27. The summed E-state index contributed by atoms with van der Waals surface area (Å²) in [7, 11) is 0. The van der Waals surface area contributed by atoms with Crippen molar-refractivity contribution in [3.8, 4) is 0 Å². The normalized spacial score (nSPS) is 12.4. The van der Waals surface area contributed by atoms with Crippen LogP contribution in [0.3, 0.4) is 0 Å². The number of carbonyl (C=O) groups excluding carboxylic acids is 4. The van der Waals surface area contributed by atoms with E-state index in [-0.39, 0.29) is 39.1 Å². The minimum absolute atomic E-state index is 0.0264. The van der Waals surface area contributed by atoms with Gasteiger partial charge >= 0.3 is 5.97 Å². The van der Waals surface area contributed by atoms with Crippen LogP contribution in [0.5, 0.6) is 0 Å². The molecule has 1 aliphatic rings. The molecular weight excluding hydrogens is 370 g/mol. The van der Waals surface area contributed by atoms with Crippen LogP contribution in [0.4, 0.5) is 0 Å². The van der Waals surface area contributed by atoms with Crippen LogP contribution in [0.25, 0.3) is 0 Å². The molecule has 1 aliphatic carbocycles. The molecule has 0 radical (unpaired) electrons. The quantitative estimate of drug-likeness (QED) is 0.697. The second-order valence-electron chi connectivity index (χ2n) is 6.35. The number of fused-ring (bicyclic) bond motifs is 2. The summed E-state index contributed by atoms with van der Waals surface area (Å²) in [5, 5.41) is 2.43. The molecule has 0 spiro atoms. The van der Waals surface area contributed by atoms with E-state index >= 15 is 0 Å². The van der Waals surface area contributed by atoms with Crippen LogP contribution >= 0.6 is 11.6 Å². The summed E-state index contributed by atoms with van der Waals surface area (Å²) in [6.07, 6.45) is 0. The van der Waals surface area contributed by atoms with Crippen LogP contribution in [0.1, 0.15) is 56.0 Å². The molecule has 3 rings (SSSR count). The molecule has 138 valence electrons. The molecule has 0 heterocycles. The maximum absolute atomic E-state index is 12.8. The van der Waals surface area contributed by atoms with Crippen molar-refractivity contribution in [3.63, 3.8) is 0 Å². The Morgan fingerprint density at radius 3 is 2.26 bits per heavy atom. The molecule has 6 nitrogen and oxygen atoms in total. The topological polar surface area (TPSA) is 89.5 Å². The molecular formula is C20H16ClNO5. The number of hydrogen-bond donors (Lipinski definition) is 1. The molecule has 0 atom stereocenters. The summed E-state index contributed by atoms with van der Waals surface area (Å²) < 4.78 is 4.96. The molecule has 0 saturated carbocycles. The zero-order chi connectivity index (χ0) is 19.7. The minimum Gasteiger partial charge on any atom is -0.452 e. The summed E-state index contributed by atoms with van der Waals surface area (Å²) in [6, 6.07) is 9.04. The number of ether oxygens (including phenoxy) is 1. The molecule has 2 aromatic carbocycles. The van der Waals surface area contributed by atoms with E-state index in [1.807, 2.05) is 0 Å². The van der Waals surface area contributed by atoms with Crippen molar-refractivity contribution in [2.75, 3.05) is 6.61 Å². The SMILES string of the molecule is CC(C)NC(=O)COC(=O)c1ccc2c(c1Cl)C(=O)c1ccccc1C2=O. The van der Waals surface area contributed by atoms with E-state index in [1.54, 1.807) is 32.0 Å². The Hall–Kier alpha value is -2.99. The Kier molecular flexibility index (Phi) is 5.10. The largest absolute Gasteiger partial charge is 0.452 e. The van der Waals surface area contributed by atoms with E-state index < -0.39 is 24.3 Å². The lowest BCUT2D eigenvalue weighted by atomic mass is 9.83. The first-order valence-corrected chi connectivity index (χ1v) is 8.66. The third kappa shape index (κ3) is 3.48. The van der Waals surface area contributed by atoms with Gasteiger partial charge in [0.2, 0.25) is 0 Å². The number of hydrogen-bond acceptors (Lipinski definition) is 5. The van der Waals surface area contributed by atoms with Crippen molar-refractivity contribution in [2.45, 2.75) is 19.9 Å². The average molecular weight is 386 g/mol. The highest BCUT2D eigenvalue weighted by Crippen LogP contribution is 2.34. The minimum atomic E-state index is -0.846. The van der Waals surface area contributed by atoms with E-state index in [0.29, 0.717) is 5.56 Å². The highest BCUT2D eigenvalue weighted by molar-refractivity contribution is 6.41. The zero-order valence-electron chi connectivity index (χ0n) is 14.7. The Labute approximate surface area is 160 Å². The first-order chi connectivity index (χ1) is 12.8. The number of benzene rings is 2. The van der Waals surface area contributed by atoms with Crippen LogP contribution in [0.2, 0.25) is 5.02 Å². The third-order valence-corrected chi connectivity index (χ3v) is 4.43. The summed E-state index contributed by atoms with van der Waals surface area (Å²) in [6.45, 7) is 3.08. The van der Waals surface area contributed by atoms with Gasteiger partial charge in [0, 0.05) is 22.7 Å². The van der Waals surface area contributed by atoms with E-state index in [2.05, 4.69) is 5.32 Å². The molecule has 0 aromatic heterocycles. The Morgan fingerprint density at radius 1 is 1.00 bits per heavy atom. The number of amides is 1. The number of esters is 1. The van der Waals surface area contributed by atoms with Crippen LogP contribution < -0.4 is 5.32 Å². The molecule has 0 unspecified atom stereocenters. The van der Waals surface area contributed by atoms with Crippen molar-refractivity contribution in [1.29, 1.82) is 0 Å². The highest BCUT2D eigenvalue weighted by Gasteiger charge is 2.33. The van der Waals surface area contributed by atoms with Crippen LogP contribution in [0.15, 0.2) is 36.4 Å². The van der Waals surface area contributed by atoms with Gasteiger partial charge in [-0.2, -0.15) is 0 Å². The van der Waals surface area contributed by atoms with Crippen LogP contribution in [-0.4, -0.2) is 36.1 Å². The maximum Gasteiger partial charge on any atom is 0.340 e. The third-order valence-electron chi connectivity index (χ3n) is 4.03. The van der Waals surface area contributed by atoms with Crippen molar-refractivity contribution in [1.82, 2.24) is 5.32 Å². The molecule has 1 amide bonds. The Morgan fingerprint density at radius 2 is 1.63 bits per heavy atom. The lowest BCUT2D eigenvalue weighted by Crippen LogP contribution is -2.34. The van der Waals surface area contributed by atoms with Gasteiger partial charge in [0.05, 0.1) is 16.1 Å². The zero-order valence-corrected chi connectivity index (χ0v) is 15.4. The predicted molar refractivity (Wildman–Crippen MR) is 98.3 cm³/mol. The number of carbonyl (C=O) groups is 4. The molecule has 27 heavy (non-hydrogen) atoms. The highest BCUT2D eigenvalue weighted by atomic mass is 35.5. The molecule has 0 bridgehead atoms. The molecule has 0 aliphatic heterocycles. The van der Waals surface area contributed by atoms with Gasteiger partial charge in [0.25, 0.3) is 5.91 Å². The van der Waals surface area contributed by atoms with E-state index in [4.69, 9.17) is 16.3 Å². The van der Waals surface area contributed by atoms with Gasteiger partial charge in [0.15, 0.2) is 18.2 Å². The second kappa shape index (κ2) is 7.32. The van der Waals surface area contributed by atoms with Crippen molar-refractivity contribution >= 4 is 35.0 Å². The maximum atomic E-state index is 12.8. The van der Waals surface area contributed by atoms with Crippen molar-refractivity contribution < 1.29 is 23.9 Å². The van der Waals surface area contributed by atoms with Gasteiger partial charge in [-0.3, -0.25) is 14.4 Å². The lowest BCUT2D eigenvalue weighted by molar-refractivity contribution is -0.124. The first-order valence-electron chi connectivity index (χ1n) is 8.28. The fraction of sp³-hybridized carbons (Fsp3) is 0.200. The van der Waals surface area contributed by atoms with Gasteiger partial charge in [-0.1, -0.05) is 35.9 Å². The summed E-state index contributed by atoms with van der Waals surface area (Å²) in [5.41, 5.74) is 0.568. The summed E-state index contributed by atoms with van der Waals surface area (Å²) in [5.74, 6) is -2.07. The second-order valence-corrected chi connectivity index (χ2v) is 6.73. The van der Waals surface area contributed by atoms with Crippen LogP contribution in [-0.2, 0) is 9.53 Å². The monoisotopic (exact) mass is 385 g/mol. The lowest BCUT2D eigenvalue weighted by Gasteiger charge is -2.19. The van der Waals surface area contributed by atoms with Gasteiger partial charge in [-0.25, -0.2) is 4.79 Å². The molecule has 0 fully saturated rings. The Balaban J connectivity index is 1.91. The van der Waals surface area contributed by atoms with Gasteiger partial charge in [-0.15, -0.1) is 0 Å². The number of ketones is 2. The molecule has 2 aromatic rings. The summed E-state index contributed by atoms with van der Waals surface area (Å²) in [4.78, 5) is 49.3. The van der Waals surface area contributed by atoms with E-state index in [9.17, 15) is 19.2 Å². The fourth-order valence-corrected chi connectivity index (χ4v) is 3.20.